The standard InChI is InChI=1S/C23H23N3O3/c1-14-12-21(27)22(23(28)29-14)20-13-19(15-8-10-16(11-9-15)26(2)3)24-17-6-4-5-7-18(17)25-20/h4-12,19,24,27H,13H2,1-3H3. The molecule has 1 aliphatic heterocycles. The zero-order valence-electron chi connectivity index (χ0n) is 16.6. The van der Waals surface area contributed by atoms with Gasteiger partial charge in [-0.15, -0.1) is 0 Å². The molecule has 4 rings (SSSR count). The fourth-order valence-corrected chi connectivity index (χ4v) is 3.54. The van der Waals surface area contributed by atoms with E-state index in [0.29, 0.717) is 23.6 Å². The molecule has 0 fully saturated rings. The molecule has 1 aromatic heterocycles. The lowest BCUT2D eigenvalue weighted by Gasteiger charge is -2.20. The monoisotopic (exact) mass is 389 g/mol. The van der Waals surface area contributed by atoms with Gasteiger partial charge in [-0.3, -0.25) is 4.99 Å². The Morgan fingerprint density at radius 1 is 1.14 bits per heavy atom. The first-order valence-electron chi connectivity index (χ1n) is 9.47. The van der Waals surface area contributed by atoms with Crippen molar-refractivity contribution in [2.24, 2.45) is 4.99 Å². The summed E-state index contributed by atoms with van der Waals surface area (Å²) in [6, 6.07) is 17.3. The number of nitrogens with one attached hydrogen (secondary N) is 1. The van der Waals surface area contributed by atoms with Crippen LogP contribution in [0.4, 0.5) is 17.1 Å². The highest BCUT2D eigenvalue weighted by atomic mass is 16.4. The second kappa shape index (κ2) is 7.47. The van der Waals surface area contributed by atoms with Gasteiger partial charge in [0.1, 0.15) is 17.1 Å². The molecule has 0 amide bonds. The average molecular weight is 389 g/mol. The molecule has 0 aliphatic carbocycles. The van der Waals surface area contributed by atoms with Crippen LogP contribution in [0.5, 0.6) is 5.75 Å². The van der Waals surface area contributed by atoms with E-state index in [4.69, 9.17) is 9.41 Å². The zero-order chi connectivity index (χ0) is 20.5. The molecule has 29 heavy (non-hydrogen) atoms. The lowest BCUT2D eigenvalue weighted by Crippen LogP contribution is -2.20. The first-order chi connectivity index (χ1) is 13.9. The third-order valence-corrected chi connectivity index (χ3v) is 5.04. The molecule has 0 saturated carbocycles. The normalized spacial score (nSPS) is 15.7. The average Bonchev–Trinajstić information content (AvgIpc) is 2.87. The van der Waals surface area contributed by atoms with E-state index in [1.165, 1.54) is 6.07 Å². The van der Waals surface area contributed by atoms with Gasteiger partial charge in [0, 0.05) is 32.3 Å². The number of benzene rings is 2. The number of hydrogen-bond donors (Lipinski definition) is 2. The third-order valence-electron chi connectivity index (χ3n) is 5.04. The van der Waals surface area contributed by atoms with Gasteiger partial charge in [-0.2, -0.15) is 0 Å². The van der Waals surface area contributed by atoms with Crippen molar-refractivity contribution in [3.05, 3.63) is 81.9 Å². The molecule has 6 heteroatoms. The quantitative estimate of drug-likeness (QED) is 0.694. The molecule has 0 spiro atoms. The summed E-state index contributed by atoms with van der Waals surface area (Å²) in [5.74, 6) is 0.249. The number of fused-ring (bicyclic) bond motifs is 1. The van der Waals surface area contributed by atoms with Gasteiger partial charge in [0.25, 0.3) is 0 Å². The van der Waals surface area contributed by atoms with Crippen molar-refractivity contribution >= 4 is 22.8 Å². The number of nitrogens with zero attached hydrogens (tertiary/aromatic N) is 2. The van der Waals surface area contributed by atoms with E-state index in [2.05, 4.69) is 29.6 Å². The number of rotatable bonds is 3. The van der Waals surface area contributed by atoms with Crippen molar-refractivity contribution in [1.82, 2.24) is 0 Å². The summed E-state index contributed by atoms with van der Waals surface area (Å²) in [6.45, 7) is 1.63. The Kier molecular flexibility index (Phi) is 4.84. The number of aliphatic imine (C=N–C) groups is 1. The Labute approximate surface area is 169 Å². The van der Waals surface area contributed by atoms with Crippen LogP contribution in [0.1, 0.15) is 29.3 Å². The molecule has 1 atom stereocenters. The van der Waals surface area contributed by atoms with E-state index >= 15 is 0 Å². The molecule has 2 N–H and O–H groups in total. The van der Waals surface area contributed by atoms with Crippen LogP contribution in [0.3, 0.4) is 0 Å². The summed E-state index contributed by atoms with van der Waals surface area (Å²) in [6.07, 6.45) is 0.428. The predicted molar refractivity (Wildman–Crippen MR) is 116 cm³/mol. The molecule has 0 bridgehead atoms. The summed E-state index contributed by atoms with van der Waals surface area (Å²) < 4.78 is 5.23. The van der Waals surface area contributed by atoms with Crippen LogP contribution in [0.25, 0.3) is 0 Å². The smallest absolute Gasteiger partial charge is 0.348 e. The molecular formula is C23H23N3O3. The highest BCUT2D eigenvalue weighted by Gasteiger charge is 2.25. The Morgan fingerprint density at radius 3 is 2.55 bits per heavy atom. The molecule has 1 aliphatic rings. The Morgan fingerprint density at radius 2 is 1.86 bits per heavy atom. The van der Waals surface area contributed by atoms with Crippen LogP contribution in [-0.2, 0) is 0 Å². The van der Waals surface area contributed by atoms with E-state index in [9.17, 15) is 9.90 Å². The van der Waals surface area contributed by atoms with Crippen LogP contribution in [0.2, 0.25) is 0 Å². The number of aryl methyl sites for hydroxylation is 1. The lowest BCUT2D eigenvalue weighted by molar-refractivity contribution is 0.432. The van der Waals surface area contributed by atoms with Crippen LogP contribution in [0.15, 0.2) is 68.8 Å². The van der Waals surface area contributed by atoms with E-state index in [-0.39, 0.29) is 17.4 Å². The second-order valence-corrected chi connectivity index (χ2v) is 7.37. The van der Waals surface area contributed by atoms with Gasteiger partial charge in [-0.25, -0.2) is 4.79 Å². The van der Waals surface area contributed by atoms with Crippen LogP contribution < -0.4 is 15.8 Å². The Bertz CT molecular complexity index is 1130. The maximum atomic E-state index is 12.5. The molecule has 2 heterocycles. The van der Waals surface area contributed by atoms with Crippen molar-refractivity contribution in [3.8, 4) is 5.75 Å². The van der Waals surface area contributed by atoms with Gasteiger partial charge >= 0.3 is 5.63 Å². The highest BCUT2D eigenvalue weighted by Crippen LogP contribution is 2.36. The van der Waals surface area contributed by atoms with Crippen molar-refractivity contribution in [2.45, 2.75) is 19.4 Å². The molecule has 2 aromatic carbocycles. The summed E-state index contributed by atoms with van der Waals surface area (Å²) in [5.41, 5.74) is 3.79. The summed E-state index contributed by atoms with van der Waals surface area (Å²) in [7, 11) is 4.00. The molecule has 148 valence electrons. The lowest BCUT2D eigenvalue weighted by atomic mass is 9.97. The SMILES string of the molecule is Cc1cc(O)c(C2=Nc3ccccc3NC(c3ccc(N(C)C)cc3)C2)c(=O)o1. The van der Waals surface area contributed by atoms with E-state index in [0.717, 1.165) is 16.9 Å². The van der Waals surface area contributed by atoms with Crippen molar-refractivity contribution < 1.29 is 9.52 Å². The van der Waals surface area contributed by atoms with Gasteiger partial charge in [0.2, 0.25) is 0 Å². The van der Waals surface area contributed by atoms with E-state index < -0.39 is 5.63 Å². The first-order valence-corrected chi connectivity index (χ1v) is 9.47. The Balaban J connectivity index is 1.82. The van der Waals surface area contributed by atoms with Crippen molar-refractivity contribution in [2.75, 3.05) is 24.3 Å². The fraction of sp³-hybridized carbons (Fsp3) is 0.217. The summed E-state index contributed by atoms with van der Waals surface area (Å²) >= 11 is 0. The molecule has 6 nitrogen and oxygen atoms in total. The molecular weight excluding hydrogens is 366 g/mol. The van der Waals surface area contributed by atoms with Crippen LogP contribution in [-0.4, -0.2) is 24.9 Å². The minimum Gasteiger partial charge on any atom is -0.507 e. The maximum absolute atomic E-state index is 12.5. The third kappa shape index (κ3) is 3.74. The zero-order valence-corrected chi connectivity index (χ0v) is 16.6. The van der Waals surface area contributed by atoms with Gasteiger partial charge in [-0.05, 0) is 36.8 Å². The number of aromatic hydroxyl groups is 1. The highest BCUT2D eigenvalue weighted by molar-refractivity contribution is 6.05. The van der Waals surface area contributed by atoms with Gasteiger partial charge in [0.05, 0.1) is 23.1 Å². The van der Waals surface area contributed by atoms with Gasteiger partial charge in [-0.1, -0.05) is 24.3 Å². The van der Waals surface area contributed by atoms with Crippen LogP contribution in [0, 0.1) is 6.92 Å². The fourth-order valence-electron chi connectivity index (χ4n) is 3.54. The Hall–Kier alpha value is -3.54. The minimum atomic E-state index is -0.581. The molecule has 3 aromatic rings. The van der Waals surface area contributed by atoms with Crippen LogP contribution >= 0.6 is 0 Å². The van der Waals surface area contributed by atoms with Gasteiger partial charge in [0.15, 0.2) is 0 Å². The molecule has 0 radical (unpaired) electrons. The minimum absolute atomic E-state index is 0.112. The van der Waals surface area contributed by atoms with Crippen molar-refractivity contribution in [3.63, 3.8) is 0 Å². The van der Waals surface area contributed by atoms with Gasteiger partial charge < -0.3 is 19.7 Å². The number of para-hydroxylation sites is 2. The van der Waals surface area contributed by atoms with E-state index in [1.807, 2.05) is 43.3 Å². The molecule has 0 saturated heterocycles. The number of anilines is 2. The molecule has 1 unspecified atom stereocenters. The maximum Gasteiger partial charge on any atom is 0.348 e. The number of hydrogen-bond acceptors (Lipinski definition) is 6. The summed E-state index contributed by atoms with van der Waals surface area (Å²) in [5, 5.41) is 14.0. The predicted octanol–water partition coefficient (Wildman–Crippen LogP) is 4.40. The van der Waals surface area contributed by atoms with E-state index in [1.54, 1.807) is 6.92 Å². The topological polar surface area (TPSA) is 78.1 Å². The second-order valence-electron chi connectivity index (χ2n) is 7.37. The largest absolute Gasteiger partial charge is 0.507 e. The van der Waals surface area contributed by atoms with Crippen molar-refractivity contribution in [1.29, 1.82) is 0 Å². The first kappa shape index (κ1) is 18.8. The summed E-state index contributed by atoms with van der Waals surface area (Å²) in [4.78, 5) is 19.3.